The standard InChI is InChI=1S/C12H22N2O/c1-13-10-11(15)14-8-6-12(7-9-14)4-2-3-5-12/h13H,2-10H2,1H3. The van der Waals surface area contributed by atoms with Gasteiger partial charge in [0.25, 0.3) is 0 Å². The molecule has 1 amide bonds. The lowest BCUT2D eigenvalue weighted by Crippen LogP contribution is -2.45. The molecule has 1 saturated heterocycles. The van der Waals surface area contributed by atoms with Gasteiger partial charge in [0.2, 0.25) is 5.91 Å². The minimum Gasteiger partial charge on any atom is -0.342 e. The third kappa shape index (κ3) is 2.33. The number of piperidine rings is 1. The summed E-state index contributed by atoms with van der Waals surface area (Å²) < 4.78 is 0. The van der Waals surface area contributed by atoms with Crippen LogP contribution in [0.1, 0.15) is 38.5 Å². The molecule has 2 rings (SSSR count). The van der Waals surface area contributed by atoms with Gasteiger partial charge in [0.1, 0.15) is 0 Å². The molecule has 0 radical (unpaired) electrons. The molecule has 86 valence electrons. The van der Waals surface area contributed by atoms with E-state index in [2.05, 4.69) is 5.32 Å². The summed E-state index contributed by atoms with van der Waals surface area (Å²) in [4.78, 5) is 13.7. The van der Waals surface area contributed by atoms with E-state index in [4.69, 9.17) is 0 Å². The summed E-state index contributed by atoms with van der Waals surface area (Å²) in [6, 6.07) is 0. The molecule has 1 aliphatic heterocycles. The van der Waals surface area contributed by atoms with Crippen molar-refractivity contribution in [2.75, 3.05) is 26.7 Å². The van der Waals surface area contributed by atoms with Crippen molar-refractivity contribution in [1.29, 1.82) is 0 Å². The molecular weight excluding hydrogens is 188 g/mol. The molecule has 0 aromatic carbocycles. The molecule has 0 atom stereocenters. The highest BCUT2D eigenvalue weighted by Gasteiger charge is 2.37. The molecule has 0 aromatic rings. The Balaban J connectivity index is 1.83. The van der Waals surface area contributed by atoms with Crippen LogP contribution in [0.25, 0.3) is 0 Å². The Morgan fingerprint density at radius 3 is 2.33 bits per heavy atom. The van der Waals surface area contributed by atoms with E-state index in [0.29, 0.717) is 12.0 Å². The van der Waals surface area contributed by atoms with Crippen molar-refractivity contribution in [2.24, 2.45) is 5.41 Å². The highest BCUT2D eigenvalue weighted by atomic mass is 16.2. The summed E-state index contributed by atoms with van der Waals surface area (Å²) in [5, 5.41) is 2.93. The number of likely N-dealkylation sites (N-methyl/N-ethyl adjacent to an activating group) is 1. The Morgan fingerprint density at radius 2 is 1.80 bits per heavy atom. The van der Waals surface area contributed by atoms with E-state index in [1.54, 1.807) is 0 Å². The molecule has 2 fully saturated rings. The molecule has 1 saturated carbocycles. The molecule has 0 unspecified atom stereocenters. The lowest BCUT2D eigenvalue weighted by Gasteiger charge is -2.39. The first-order valence-electron chi connectivity index (χ1n) is 6.18. The maximum absolute atomic E-state index is 11.7. The van der Waals surface area contributed by atoms with Gasteiger partial charge in [0.15, 0.2) is 0 Å². The van der Waals surface area contributed by atoms with Crippen LogP contribution < -0.4 is 5.32 Å². The molecule has 0 bridgehead atoms. The van der Waals surface area contributed by atoms with E-state index in [0.717, 1.165) is 13.1 Å². The Morgan fingerprint density at radius 1 is 1.20 bits per heavy atom. The fraction of sp³-hybridized carbons (Fsp3) is 0.917. The number of carbonyl (C=O) groups excluding carboxylic acids is 1. The van der Waals surface area contributed by atoms with Crippen LogP contribution in [0.3, 0.4) is 0 Å². The molecule has 1 spiro atoms. The summed E-state index contributed by atoms with van der Waals surface area (Å²) in [5.74, 6) is 0.269. The Kier molecular flexibility index (Phi) is 3.29. The molecule has 3 heteroatoms. The molecular formula is C12H22N2O. The highest BCUT2D eigenvalue weighted by Crippen LogP contribution is 2.45. The van der Waals surface area contributed by atoms with E-state index in [9.17, 15) is 4.79 Å². The van der Waals surface area contributed by atoms with Gasteiger partial charge in [-0.1, -0.05) is 12.8 Å². The molecule has 0 aromatic heterocycles. The van der Waals surface area contributed by atoms with Crippen molar-refractivity contribution < 1.29 is 4.79 Å². The monoisotopic (exact) mass is 210 g/mol. The van der Waals surface area contributed by atoms with Gasteiger partial charge in [0, 0.05) is 13.1 Å². The number of rotatable bonds is 2. The van der Waals surface area contributed by atoms with Crippen LogP contribution in [0, 0.1) is 5.41 Å². The number of hydrogen-bond donors (Lipinski definition) is 1. The van der Waals surface area contributed by atoms with Crippen molar-refractivity contribution in [3.63, 3.8) is 0 Å². The maximum Gasteiger partial charge on any atom is 0.236 e. The van der Waals surface area contributed by atoms with Crippen LogP contribution in [0.5, 0.6) is 0 Å². The number of amides is 1. The zero-order valence-electron chi connectivity index (χ0n) is 9.72. The number of carbonyl (C=O) groups is 1. The van der Waals surface area contributed by atoms with Gasteiger partial charge >= 0.3 is 0 Å². The predicted molar refractivity (Wildman–Crippen MR) is 60.6 cm³/mol. The Hall–Kier alpha value is -0.570. The first-order valence-corrected chi connectivity index (χ1v) is 6.18. The summed E-state index contributed by atoms with van der Waals surface area (Å²) in [6.07, 6.45) is 8.10. The van der Waals surface area contributed by atoms with Crippen molar-refractivity contribution in [3.05, 3.63) is 0 Å². The fourth-order valence-electron chi connectivity index (χ4n) is 3.12. The number of nitrogens with zero attached hydrogens (tertiary/aromatic N) is 1. The third-order valence-electron chi connectivity index (χ3n) is 4.17. The minimum absolute atomic E-state index is 0.269. The molecule has 2 aliphatic rings. The first kappa shape index (κ1) is 10.9. The van der Waals surface area contributed by atoms with E-state index in [1.807, 2.05) is 11.9 Å². The summed E-state index contributed by atoms with van der Waals surface area (Å²) in [5.41, 5.74) is 0.621. The first-order chi connectivity index (χ1) is 7.26. The van der Waals surface area contributed by atoms with Gasteiger partial charge in [-0.25, -0.2) is 0 Å². The van der Waals surface area contributed by atoms with Crippen LogP contribution >= 0.6 is 0 Å². The van der Waals surface area contributed by atoms with E-state index >= 15 is 0 Å². The quantitative estimate of drug-likeness (QED) is 0.747. The summed E-state index contributed by atoms with van der Waals surface area (Å²) in [7, 11) is 1.83. The maximum atomic E-state index is 11.7. The second-order valence-electron chi connectivity index (χ2n) is 5.12. The van der Waals surface area contributed by atoms with Crippen molar-refractivity contribution in [1.82, 2.24) is 10.2 Å². The largest absolute Gasteiger partial charge is 0.342 e. The molecule has 1 heterocycles. The zero-order valence-corrected chi connectivity index (χ0v) is 9.72. The topological polar surface area (TPSA) is 32.3 Å². The van der Waals surface area contributed by atoms with Gasteiger partial charge in [-0.3, -0.25) is 4.79 Å². The number of likely N-dealkylation sites (tertiary alicyclic amines) is 1. The average molecular weight is 210 g/mol. The van der Waals surface area contributed by atoms with Crippen LogP contribution in [-0.2, 0) is 4.79 Å². The Labute approximate surface area is 92.2 Å². The SMILES string of the molecule is CNCC(=O)N1CCC2(CCCC2)CC1. The predicted octanol–water partition coefficient (Wildman–Crippen LogP) is 1.39. The van der Waals surface area contributed by atoms with E-state index in [1.165, 1.54) is 38.5 Å². The highest BCUT2D eigenvalue weighted by molar-refractivity contribution is 5.78. The van der Waals surface area contributed by atoms with Crippen LogP contribution in [0.15, 0.2) is 0 Å². The zero-order chi connectivity index (χ0) is 10.7. The smallest absolute Gasteiger partial charge is 0.236 e. The molecule has 3 nitrogen and oxygen atoms in total. The van der Waals surface area contributed by atoms with Crippen molar-refractivity contribution >= 4 is 5.91 Å². The van der Waals surface area contributed by atoms with Crippen molar-refractivity contribution in [2.45, 2.75) is 38.5 Å². The second kappa shape index (κ2) is 4.52. The van der Waals surface area contributed by atoms with Crippen LogP contribution in [0.2, 0.25) is 0 Å². The summed E-state index contributed by atoms with van der Waals surface area (Å²) in [6.45, 7) is 2.47. The average Bonchev–Trinajstić information content (AvgIpc) is 2.68. The Bertz CT molecular complexity index is 224. The lowest BCUT2D eigenvalue weighted by atomic mass is 9.77. The van der Waals surface area contributed by atoms with Crippen LogP contribution in [0.4, 0.5) is 0 Å². The van der Waals surface area contributed by atoms with Gasteiger partial charge in [-0.05, 0) is 38.1 Å². The third-order valence-corrected chi connectivity index (χ3v) is 4.17. The number of hydrogen-bond acceptors (Lipinski definition) is 2. The van der Waals surface area contributed by atoms with Gasteiger partial charge in [0.05, 0.1) is 6.54 Å². The van der Waals surface area contributed by atoms with E-state index < -0.39 is 0 Å². The van der Waals surface area contributed by atoms with E-state index in [-0.39, 0.29) is 5.91 Å². The van der Waals surface area contributed by atoms with Gasteiger partial charge < -0.3 is 10.2 Å². The van der Waals surface area contributed by atoms with Gasteiger partial charge in [-0.2, -0.15) is 0 Å². The van der Waals surface area contributed by atoms with Crippen LogP contribution in [-0.4, -0.2) is 37.5 Å². The van der Waals surface area contributed by atoms with Crippen molar-refractivity contribution in [3.8, 4) is 0 Å². The molecule has 1 N–H and O–H groups in total. The lowest BCUT2D eigenvalue weighted by molar-refractivity contribution is -0.132. The summed E-state index contributed by atoms with van der Waals surface area (Å²) >= 11 is 0. The molecule has 15 heavy (non-hydrogen) atoms. The minimum atomic E-state index is 0.269. The van der Waals surface area contributed by atoms with Gasteiger partial charge in [-0.15, -0.1) is 0 Å². The number of nitrogens with one attached hydrogen (secondary N) is 1. The fourth-order valence-corrected chi connectivity index (χ4v) is 3.12. The molecule has 1 aliphatic carbocycles. The normalized spacial score (nSPS) is 24.7. The second-order valence-corrected chi connectivity index (χ2v) is 5.12.